The largest absolute Gasteiger partial charge is 0.443 e. The summed E-state index contributed by atoms with van der Waals surface area (Å²) >= 11 is 6.20. The average molecular weight is 348 g/mol. The fraction of sp³-hybridized carbons (Fsp3) is 0.294. The van der Waals surface area contributed by atoms with Gasteiger partial charge in [0.15, 0.2) is 6.29 Å². The number of hydrogen-bond donors (Lipinski definition) is 1. The van der Waals surface area contributed by atoms with Crippen LogP contribution in [0.3, 0.4) is 0 Å². The Balaban J connectivity index is 2.42. The second-order valence-corrected chi connectivity index (χ2v) is 6.29. The maximum atomic E-state index is 11.3. The zero-order valence-corrected chi connectivity index (χ0v) is 14.2. The molecule has 0 saturated heterocycles. The molecule has 1 amide bonds. The lowest BCUT2D eigenvalue weighted by Crippen LogP contribution is -2.38. The Kier molecular flexibility index (Phi) is 5.51. The molecule has 2 rings (SSSR count). The molecule has 1 atom stereocenters. The van der Waals surface area contributed by atoms with Crippen LogP contribution in [0.4, 0.5) is 4.79 Å². The van der Waals surface area contributed by atoms with E-state index in [1.807, 2.05) is 0 Å². The third kappa shape index (κ3) is 4.29. The van der Waals surface area contributed by atoms with Crippen LogP contribution in [0.5, 0.6) is 0 Å². The molecule has 0 saturated carbocycles. The van der Waals surface area contributed by atoms with Gasteiger partial charge < -0.3 is 10.5 Å². The number of nitrogens with two attached hydrogens (primary N) is 1. The van der Waals surface area contributed by atoms with Gasteiger partial charge in [-0.15, -0.1) is 0 Å². The van der Waals surface area contributed by atoms with Crippen LogP contribution in [0, 0.1) is 0 Å². The van der Waals surface area contributed by atoms with E-state index in [2.05, 4.69) is 9.97 Å². The molecule has 0 aliphatic carbocycles. The SMILES string of the molecule is CC(C)(OC(N)=O)C(Cc1ccncc1Cl)c1ccc(C=O)cn1. The molecule has 0 bridgehead atoms. The zero-order chi connectivity index (χ0) is 17.7. The molecule has 6 nitrogen and oxygen atoms in total. The van der Waals surface area contributed by atoms with E-state index in [-0.39, 0.29) is 5.92 Å². The molecule has 7 heteroatoms. The molecule has 2 aromatic heterocycles. The summed E-state index contributed by atoms with van der Waals surface area (Å²) in [7, 11) is 0. The standard InChI is InChI=1S/C17H18ClN3O3/c1-17(2,24-16(19)23)13(7-12-5-6-20-9-14(12)18)15-4-3-11(10-22)8-21-15/h3-6,8-10,13H,7H2,1-2H3,(H2,19,23). The van der Waals surface area contributed by atoms with Crippen molar-refractivity contribution in [2.75, 3.05) is 0 Å². The molecule has 0 aromatic carbocycles. The zero-order valence-electron chi connectivity index (χ0n) is 13.4. The molecular formula is C17H18ClN3O3. The van der Waals surface area contributed by atoms with Crippen molar-refractivity contribution < 1.29 is 14.3 Å². The van der Waals surface area contributed by atoms with Crippen molar-refractivity contribution in [2.45, 2.75) is 31.8 Å². The number of aromatic nitrogens is 2. The van der Waals surface area contributed by atoms with E-state index in [4.69, 9.17) is 22.1 Å². The van der Waals surface area contributed by atoms with Gasteiger partial charge in [-0.05, 0) is 44.0 Å². The normalized spacial score (nSPS) is 12.5. The van der Waals surface area contributed by atoms with Crippen LogP contribution >= 0.6 is 11.6 Å². The van der Waals surface area contributed by atoms with Crippen molar-refractivity contribution in [3.05, 3.63) is 58.6 Å². The minimum absolute atomic E-state index is 0.314. The predicted molar refractivity (Wildman–Crippen MR) is 90.1 cm³/mol. The Labute approximate surface area is 145 Å². The van der Waals surface area contributed by atoms with Gasteiger partial charge >= 0.3 is 6.09 Å². The lowest BCUT2D eigenvalue weighted by atomic mass is 9.82. The summed E-state index contributed by atoms with van der Waals surface area (Å²) in [5, 5.41) is 0.516. The Morgan fingerprint density at radius 2 is 2.12 bits per heavy atom. The summed E-state index contributed by atoms with van der Waals surface area (Å²) in [5.41, 5.74) is 6.26. The lowest BCUT2D eigenvalue weighted by molar-refractivity contribution is 0.0226. The summed E-state index contributed by atoms with van der Waals surface area (Å²) in [6, 6.07) is 5.20. The number of carbonyl (C=O) groups excluding carboxylic acids is 2. The van der Waals surface area contributed by atoms with Crippen LogP contribution in [0.15, 0.2) is 36.8 Å². The number of carbonyl (C=O) groups is 2. The molecule has 0 aliphatic rings. The first-order chi connectivity index (χ1) is 11.3. The number of hydrogen-bond acceptors (Lipinski definition) is 5. The van der Waals surface area contributed by atoms with Crippen molar-refractivity contribution >= 4 is 24.0 Å². The molecule has 0 radical (unpaired) electrons. The van der Waals surface area contributed by atoms with E-state index in [0.29, 0.717) is 22.7 Å². The maximum Gasteiger partial charge on any atom is 0.405 e. The fourth-order valence-corrected chi connectivity index (χ4v) is 2.72. The minimum Gasteiger partial charge on any atom is -0.443 e. The number of halogens is 1. The quantitative estimate of drug-likeness (QED) is 0.810. The van der Waals surface area contributed by atoms with Gasteiger partial charge in [-0.2, -0.15) is 0 Å². The van der Waals surface area contributed by atoms with Gasteiger partial charge in [0, 0.05) is 35.8 Å². The van der Waals surface area contributed by atoms with Crippen molar-refractivity contribution in [3.8, 4) is 0 Å². The number of pyridine rings is 2. The number of rotatable bonds is 6. The predicted octanol–water partition coefficient (Wildman–Crippen LogP) is 3.14. The van der Waals surface area contributed by atoms with Gasteiger partial charge in [-0.3, -0.25) is 14.8 Å². The molecule has 0 fully saturated rings. The fourth-order valence-electron chi connectivity index (χ4n) is 2.52. The van der Waals surface area contributed by atoms with Crippen molar-refractivity contribution in [1.82, 2.24) is 9.97 Å². The average Bonchev–Trinajstić information content (AvgIpc) is 2.53. The molecule has 126 valence electrons. The highest BCUT2D eigenvalue weighted by molar-refractivity contribution is 6.31. The highest BCUT2D eigenvalue weighted by Gasteiger charge is 2.35. The van der Waals surface area contributed by atoms with Gasteiger partial charge in [0.05, 0.1) is 5.02 Å². The van der Waals surface area contributed by atoms with Crippen LogP contribution in [0.2, 0.25) is 5.02 Å². The summed E-state index contributed by atoms with van der Waals surface area (Å²) in [4.78, 5) is 30.4. The number of primary amides is 1. The third-order valence-electron chi connectivity index (χ3n) is 3.79. The maximum absolute atomic E-state index is 11.3. The highest BCUT2D eigenvalue weighted by atomic mass is 35.5. The molecular weight excluding hydrogens is 330 g/mol. The Hall–Kier alpha value is -2.47. The van der Waals surface area contributed by atoms with Crippen LogP contribution in [0.1, 0.15) is 41.4 Å². The summed E-state index contributed by atoms with van der Waals surface area (Å²) in [6.45, 7) is 3.51. The second-order valence-electron chi connectivity index (χ2n) is 5.88. The summed E-state index contributed by atoms with van der Waals surface area (Å²) in [6.07, 6.45) is 4.99. The molecule has 0 aliphatic heterocycles. The first-order valence-electron chi connectivity index (χ1n) is 7.31. The summed E-state index contributed by atoms with van der Waals surface area (Å²) < 4.78 is 5.29. The summed E-state index contributed by atoms with van der Waals surface area (Å²) in [5.74, 6) is -0.314. The van der Waals surface area contributed by atoms with Crippen molar-refractivity contribution in [1.29, 1.82) is 0 Å². The molecule has 2 heterocycles. The van der Waals surface area contributed by atoms with Gasteiger partial charge in [-0.25, -0.2) is 4.79 Å². The van der Waals surface area contributed by atoms with Gasteiger partial charge in [0.1, 0.15) is 5.60 Å². The van der Waals surface area contributed by atoms with E-state index >= 15 is 0 Å². The first kappa shape index (κ1) is 17.9. The van der Waals surface area contributed by atoms with E-state index in [1.165, 1.54) is 6.20 Å². The van der Waals surface area contributed by atoms with Crippen LogP contribution < -0.4 is 5.73 Å². The topological polar surface area (TPSA) is 95.2 Å². The molecule has 2 aromatic rings. The highest BCUT2D eigenvalue weighted by Crippen LogP contribution is 2.35. The van der Waals surface area contributed by atoms with Crippen LogP contribution in [0.25, 0.3) is 0 Å². The number of ether oxygens (including phenoxy) is 1. The van der Waals surface area contributed by atoms with Gasteiger partial charge in [0.2, 0.25) is 0 Å². The molecule has 2 N–H and O–H groups in total. The number of aldehydes is 1. The van der Waals surface area contributed by atoms with E-state index in [0.717, 1.165) is 11.8 Å². The molecule has 0 spiro atoms. The molecule has 24 heavy (non-hydrogen) atoms. The Morgan fingerprint density at radius 3 is 2.67 bits per heavy atom. The van der Waals surface area contributed by atoms with Crippen molar-refractivity contribution in [2.24, 2.45) is 5.73 Å². The number of amides is 1. The second kappa shape index (κ2) is 7.40. The van der Waals surface area contributed by atoms with Crippen LogP contribution in [-0.2, 0) is 11.2 Å². The van der Waals surface area contributed by atoms with Crippen LogP contribution in [-0.4, -0.2) is 27.9 Å². The lowest BCUT2D eigenvalue weighted by Gasteiger charge is -2.33. The third-order valence-corrected chi connectivity index (χ3v) is 4.13. The van der Waals surface area contributed by atoms with Gasteiger partial charge in [-0.1, -0.05) is 11.6 Å². The van der Waals surface area contributed by atoms with E-state index < -0.39 is 11.7 Å². The monoisotopic (exact) mass is 347 g/mol. The number of nitrogens with zero attached hydrogens (tertiary/aromatic N) is 2. The minimum atomic E-state index is -0.922. The van der Waals surface area contributed by atoms with Gasteiger partial charge in [0.25, 0.3) is 0 Å². The Morgan fingerprint density at radius 1 is 1.38 bits per heavy atom. The van der Waals surface area contributed by atoms with E-state index in [1.54, 1.807) is 44.4 Å². The van der Waals surface area contributed by atoms with E-state index in [9.17, 15) is 9.59 Å². The molecule has 1 unspecified atom stereocenters. The smallest absolute Gasteiger partial charge is 0.405 e. The Bertz CT molecular complexity index is 732. The van der Waals surface area contributed by atoms with Crippen molar-refractivity contribution in [3.63, 3.8) is 0 Å². The first-order valence-corrected chi connectivity index (χ1v) is 7.69.